The van der Waals surface area contributed by atoms with Crippen molar-refractivity contribution in [1.29, 1.82) is 5.26 Å². The van der Waals surface area contributed by atoms with Gasteiger partial charge in [-0.25, -0.2) is 0 Å². The normalized spacial score (nSPS) is 9.50. The van der Waals surface area contributed by atoms with E-state index in [0.717, 1.165) is 12.2 Å². The highest BCUT2D eigenvalue weighted by Crippen LogP contribution is 2.03. The highest BCUT2D eigenvalue weighted by Gasteiger charge is 2.03. The number of rotatable bonds is 5. The zero-order valence-corrected chi connectivity index (χ0v) is 10.0. The second-order valence-electron chi connectivity index (χ2n) is 3.29. The number of nitriles is 1. The van der Waals surface area contributed by atoms with Gasteiger partial charge in [0.1, 0.15) is 0 Å². The van der Waals surface area contributed by atoms with Crippen LogP contribution >= 0.6 is 11.8 Å². The Labute approximate surface area is 99.8 Å². The molecule has 84 valence electrons. The molecule has 0 unspecified atom stereocenters. The fourth-order valence-corrected chi connectivity index (χ4v) is 1.65. The molecule has 0 bridgehead atoms. The smallest absolute Gasteiger partial charge is 0.251 e. The van der Waals surface area contributed by atoms with Crippen LogP contribution < -0.4 is 5.32 Å². The number of benzene rings is 1. The third-order valence-corrected chi connectivity index (χ3v) is 2.78. The lowest BCUT2D eigenvalue weighted by Gasteiger charge is -2.04. The Morgan fingerprint density at radius 3 is 2.69 bits per heavy atom. The molecule has 0 fully saturated rings. The quantitative estimate of drug-likeness (QED) is 0.793. The summed E-state index contributed by atoms with van der Waals surface area (Å²) in [5.74, 6) is 0.971. The van der Waals surface area contributed by atoms with Crippen LogP contribution in [-0.4, -0.2) is 24.5 Å². The Hall–Kier alpha value is -1.47. The van der Waals surface area contributed by atoms with Gasteiger partial charge in [0.15, 0.2) is 0 Å². The third-order valence-electron chi connectivity index (χ3n) is 2.09. The van der Waals surface area contributed by atoms with Gasteiger partial charge < -0.3 is 5.32 Å². The summed E-state index contributed by atoms with van der Waals surface area (Å²) < 4.78 is 0. The maximum atomic E-state index is 11.6. The fourth-order valence-electron chi connectivity index (χ4n) is 1.22. The summed E-state index contributed by atoms with van der Waals surface area (Å²) in [7, 11) is 0. The molecule has 0 saturated heterocycles. The van der Waals surface area contributed by atoms with Crippen LogP contribution in [0.4, 0.5) is 0 Å². The fraction of sp³-hybridized carbons (Fsp3) is 0.333. The molecule has 0 aliphatic carbocycles. The van der Waals surface area contributed by atoms with Crippen molar-refractivity contribution in [2.75, 3.05) is 18.6 Å². The number of carbonyl (C=O) groups is 1. The van der Waals surface area contributed by atoms with E-state index in [4.69, 9.17) is 5.26 Å². The summed E-state index contributed by atoms with van der Waals surface area (Å²) in [6.45, 7) is 0.694. The van der Waals surface area contributed by atoms with Gasteiger partial charge in [-0.1, -0.05) is 0 Å². The third kappa shape index (κ3) is 3.95. The molecule has 0 aliphatic heterocycles. The molecule has 0 aliphatic rings. The van der Waals surface area contributed by atoms with E-state index in [-0.39, 0.29) is 5.91 Å². The van der Waals surface area contributed by atoms with Gasteiger partial charge >= 0.3 is 0 Å². The van der Waals surface area contributed by atoms with Crippen molar-refractivity contribution in [2.45, 2.75) is 6.42 Å². The molecule has 0 spiro atoms. The maximum absolute atomic E-state index is 11.6. The first-order chi connectivity index (χ1) is 7.77. The van der Waals surface area contributed by atoms with Crippen molar-refractivity contribution in [1.82, 2.24) is 5.32 Å². The Morgan fingerprint density at radius 2 is 2.12 bits per heavy atom. The minimum atomic E-state index is -0.0782. The van der Waals surface area contributed by atoms with Gasteiger partial charge in [-0.05, 0) is 42.7 Å². The summed E-state index contributed by atoms with van der Waals surface area (Å²) in [5.41, 5.74) is 1.17. The number of amides is 1. The van der Waals surface area contributed by atoms with Crippen molar-refractivity contribution >= 4 is 17.7 Å². The Balaban J connectivity index is 2.44. The molecule has 1 amide bonds. The summed E-state index contributed by atoms with van der Waals surface area (Å²) in [6, 6.07) is 8.66. The van der Waals surface area contributed by atoms with E-state index in [2.05, 4.69) is 5.32 Å². The second kappa shape index (κ2) is 6.91. The molecular formula is C12H14N2OS. The maximum Gasteiger partial charge on any atom is 0.251 e. The molecule has 0 radical (unpaired) electrons. The van der Waals surface area contributed by atoms with Gasteiger partial charge in [0.25, 0.3) is 5.91 Å². The van der Waals surface area contributed by atoms with Crippen LogP contribution in [0.25, 0.3) is 0 Å². The van der Waals surface area contributed by atoms with E-state index < -0.39 is 0 Å². The van der Waals surface area contributed by atoms with Crippen LogP contribution in [-0.2, 0) is 0 Å². The molecule has 0 heterocycles. The highest BCUT2D eigenvalue weighted by molar-refractivity contribution is 7.98. The minimum Gasteiger partial charge on any atom is -0.352 e. The van der Waals surface area contributed by atoms with Crippen LogP contribution in [0.15, 0.2) is 24.3 Å². The van der Waals surface area contributed by atoms with Gasteiger partial charge in [0.05, 0.1) is 11.6 Å². The average Bonchev–Trinajstić information content (AvgIpc) is 2.34. The lowest BCUT2D eigenvalue weighted by molar-refractivity contribution is 0.0954. The Morgan fingerprint density at radius 1 is 1.44 bits per heavy atom. The largest absolute Gasteiger partial charge is 0.352 e. The van der Waals surface area contributed by atoms with Gasteiger partial charge in [0.2, 0.25) is 0 Å². The van der Waals surface area contributed by atoms with E-state index in [0.29, 0.717) is 17.7 Å². The van der Waals surface area contributed by atoms with Crippen molar-refractivity contribution in [2.24, 2.45) is 0 Å². The molecule has 1 N–H and O–H groups in total. The summed E-state index contributed by atoms with van der Waals surface area (Å²) in [4.78, 5) is 11.6. The highest BCUT2D eigenvalue weighted by atomic mass is 32.2. The number of hydrogen-bond donors (Lipinski definition) is 1. The van der Waals surface area contributed by atoms with Crippen LogP contribution in [0, 0.1) is 11.3 Å². The first-order valence-corrected chi connectivity index (χ1v) is 6.44. The zero-order chi connectivity index (χ0) is 11.8. The zero-order valence-electron chi connectivity index (χ0n) is 9.19. The number of nitrogens with one attached hydrogen (secondary N) is 1. The lowest BCUT2D eigenvalue weighted by atomic mass is 10.1. The monoisotopic (exact) mass is 234 g/mol. The average molecular weight is 234 g/mol. The van der Waals surface area contributed by atoms with E-state index in [1.165, 1.54) is 0 Å². The van der Waals surface area contributed by atoms with Crippen molar-refractivity contribution in [3.63, 3.8) is 0 Å². The molecule has 3 nitrogen and oxygen atoms in total. The Bertz CT molecular complexity index is 381. The van der Waals surface area contributed by atoms with Crippen molar-refractivity contribution in [3.05, 3.63) is 35.4 Å². The molecular weight excluding hydrogens is 220 g/mol. The van der Waals surface area contributed by atoms with Crippen LogP contribution in [0.3, 0.4) is 0 Å². The molecule has 1 aromatic rings. The number of nitrogens with zero attached hydrogens (tertiary/aromatic N) is 1. The van der Waals surface area contributed by atoms with E-state index >= 15 is 0 Å². The van der Waals surface area contributed by atoms with Crippen LogP contribution in [0.2, 0.25) is 0 Å². The first kappa shape index (κ1) is 12.6. The number of hydrogen-bond acceptors (Lipinski definition) is 3. The van der Waals surface area contributed by atoms with Crippen molar-refractivity contribution < 1.29 is 4.79 Å². The summed E-state index contributed by atoms with van der Waals surface area (Å²) in [5, 5.41) is 11.5. The number of carbonyl (C=O) groups excluding carboxylic acids is 1. The first-order valence-electron chi connectivity index (χ1n) is 5.05. The minimum absolute atomic E-state index is 0.0782. The molecule has 0 saturated carbocycles. The van der Waals surface area contributed by atoms with Gasteiger partial charge in [-0.15, -0.1) is 0 Å². The predicted octanol–water partition coefficient (Wildman–Crippen LogP) is 2.04. The molecule has 0 aromatic heterocycles. The predicted molar refractivity (Wildman–Crippen MR) is 66.5 cm³/mol. The summed E-state index contributed by atoms with van der Waals surface area (Å²) in [6.07, 6.45) is 3.02. The van der Waals surface area contributed by atoms with E-state index in [9.17, 15) is 4.79 Å². The van der Waals surface area contributed by atoms with Gasteiger partial charge in [0, 0.05) is 12.1 Å². The molecule has 1 aromatic carbocycles. The van der Waals surface area contributed by atoms with Gasteiger partial charge in [-0.2, -0.15) is 17.0 Å². The standard InChI is InChI=1S/C12H14N2OS/c1-16-8-2-7-14-12(15)11-5-3-10(9-13)4-6-11/h3-6H,2,7-8H2,1H3,(H,14,15). The SMILES string of the molecule is CSCCCNC(=O)c1ccc(C#N)cc1. The topological polar surface area (TPSA) is 52.9 Å². The van der Waals surface area contributed by atoms with Gasteiger partial charge in [-0.3, -0.25) is 4.79 Å². The van der Waals surface area contributed by atoms with E-state index in [1.54, 1.807) is 36.0 Å². The Kier molecular flexibility index (Phi) is 5.44. The van der Waals surface area contributed by atoms with Crippen molar-refractivity contribution in [3.8, 4) is 6.07 Å². The lowest BCUT2D eigenvalue weighted by Crippen LogP contribution is -2.24. The van der Waals surface area contributed by atoms with E-state index in [1.807, 2.05) is 12.3 Å². The molecule has 4 heteroatoms. The number of thioether (sulfide) groups is 1. The van der Waals surface area contributed by atoms with Crippen LogP contribution in [0.1, 0.15) is 22.3 Å². The molecule has 0 atom stereocenters. The summed E-state index contributed by atoms with van der Waals surface area (Å²) >= 11 is 1.77. The second-order valence-corrected chi connectivity index (χ2v) is 4.28. The molecule has 16 heavy (non-hydrogen) atoms. The molecule has 1 rings (SSSR count). The van der Waals surface area contributed by atoms with Crippen LogP contribution in [0.5, 0.6) is 0 Å².